The Labute approximate surface area is 136 Å². The van der Waals surface area contributed by atoms with Crippen molar-refractivity contribution in [3.63, 3.8) is 0 Å². The fourth-order valence-electron chi connectivity index (χ4n) is 2.38. The number of nitrogens with one attached hydrogen (secondary N) is 1. The zero-order valence-corrected chi connectivity index (χ0v) is 15.2. The molecule has 1 aliphatic rings. The summed E-state index contributed by atoms with van der Waals surface area (Å²) in [4.78, 5) is 12.0. The molecule has 6 nitrogen and oxygen atoms in total. The lowest BCUT2D eigenvalue weighted by Gasteiger charge is -2.39. The van der Waals surface area contributed by atoms with E-state index in [-0.39, 0.29) is 5.75 Å². The van der Waals surface area contributed by atoms with E-state index in [1.165, 1.54) is 0 Å². The van der Waals surface area contributed by atoms with Crippen LogP contribution in [-0.4, -0.2) is 54.4 Å². The van der Waals surface area contributed by atoms with E-state index in [9.17, 15) is 8.42 Å². The molecule has 0 bridgehead atoms. The van der Waals surface area contributed by atoms with Gasteiger partial charge in [-0.25, -0.2) is 18.4 Å². The zero-order chi connectivity index (χ0) is 16.4. The van der Waals surface area contributed by atoms with E-state index in [1.54, 1.807) is 25.2 Å². The lowest BCUT2D eigenvalue weighted by Crippen LogP contribution is -2.57. The molecular weight excluding hydrogens is 320 g/mol. The average Bonchev–Trinajstić information content (AvgIpc) is 2.84. The van der Waals surface area contributed by atoms with E-state index < -0.39 is 14.6 Å². The van der Waals surface area contributed by atoms with Crippen LogP contribution in [0.15, 0.2) is 11.2 Å². The van der Waals surface area contributed by atoms with Crippen LogP contribution in [0.25, 0.3) is 0 Å². The fourth-order valence-corrected chi connectivity index (χ4v) is 4.47. The number of rotatable bonds is 3. The number of sulfone groups is 1. The van der Waals surface area contributed by atoms with Crippen LogP contribution in [0, 0.1) is 6.92 Å². The summed E-state index contributed by atoms with van der Waals surface area (Å²) in [6.45, 7) is 9.82. The Kier molecular flexibility index (Phi) is 5.11. The van der Waals surface area contributed by atoms with Gasteiger partial charge in [0, 0.05) is 30.7 Å². The van der Waals surface area contributed by atoms with E-state index in [4.69, 9.17) is 0 Å². The summed E-state index contributed by atoms with van der Waals surface area (Å²) in [7, 11) is -3.04. The highest BCUT2D eigenvalue weighted by atomic mass is 32.2. The van der Waals surface area contributed by atoms with Gasteiger partial charge >= 0.3 is 0 Å². The normalized spacial score (nSPS) is 20.9. The molecule has 0 atom stereocenters. The number of aromatic nitrogens is 1. The van der Waals surface area contributed by atoms with Crippen molar-refractivity contribution in [3.8, 4) is 0 Å². The quantitative estimate of drug-likeness (QED) is 0.663. The molecule has 0 amide bonds. The third-order valence-corrected chi connectivity index (χ3v) is 7.16. The van der Waals surface area contributed by atoms with Gasteiger partial charge in [0.2, 0.25) is 0 Å². The van der Waals surface area contributed by atoms with E-state index in [2.05, 4.69) is 15.3 Å². The van der Waals surface area contributed by atoms with Gasteiger partial charge in [-0.2, -0.15) is 0 Å². The monoisotopic (exact) mass is 344 g/mol. The van der Waals surface area contributed by atoms with Crippen molar-refractivity contribution in [2.45, 2.75) is 39.0 Å². The molecule has 2 heterocycles. The average molecular weight is 345 g/mol. The first-order valence-corrected chi connectivity index (χ1v) is 9.89. The molecule has 0 aromatic carbocycles. The van der Waals surface area contributed by atoms with Crippen molar-refractivity contribution in [1.29, 1.82) is 0 Å². The Morgan fingerprint density at radius 3 is 2.82 bits per heavy atom. The Morgan fingerprint density at radius 1 is 1.55 bits per heavy atom. The highest BCUT2D eigenvalue weighted by Crippen LogP contribution is 2.24. The van der Waals surface area contributed by atoms with E-state index in [0.717, 1.165) is 22.4 Å². The predicted octanol–water partition coefficient (Wildman–Crippen LogP) is 1.43. The second-order valence-electron chi connectivity index (χ2n) is 6.02. The molecule has 0 spiro atoms. The Bertz CT molecular complexity index is 650. The van der Waals surface area contributed by atoms with Crippen LogP contribution >= 0.6 is 11.3 Å². The third-order valence-electron chi connectivity index (χ3n) is 3.73. The van der Waals surface area contributed by atoms with Gasteiger partial charge in [-0.05, 0) is 27.7 Å². The molecule has 0 saturated carbocycles. The summed E-state index contributed by atoms with van der Waals surface area (Å²) in [6, 6.07) is 0. The van der Waals surface area contributed by atoms with Crippen molar-refractivity contribution in [3.05, 3.63) is 16.1 Å². The van der Waals surface area contributed by atoms with Crippen molar-refractivity contribution < 1.29 is 8.42 Å². The van der Waals surface area contributed by atoms with Crippen LogP contribution in [0.4, 0.5) is 0 Å². The standard InChI is InChI=1S/C14H24N4O2S2/c1-5-15-13(17-9-12-8-16-11(2)21-12)18-6-7-22(19,20)14(3,4)10-18/h8H,5-7,9-10H2,1-4H3,(H,15,17). The van der Waals surface area contributed by atoms with Crippen molar-refractivity contribution in [1.82, 2.24) is 15.2 Å². The van der Waals surface area contributed by atoms with Crippen LogP contribution in [0.2, 0.25) is 0 Å². The highest BCUT2D eigenvalue weighted by Gasteiger charge is 2.40. The molecule has 1 fully saturated rings. The molecule has 22 heavy (non-hydrogen) atoms. The second-order valence-corrected chi connectivity index (χ2v) is 10.1. The van der Waals surface area contributed by atoms with Gasteiger partial charge in [0.05, 0.1) is 22.1 Å². The van der Waals surface area contributed by atoms with Crippen molar-refractivity contribution in [2.24, 2.45) is 4.99 Å². The van der Waals surface area contributed by atoms with E-state index in [0.29, 0.717) is 19.6 Å². The van der Waals surface area contributed by atoms with Crippen LogP contribution in [-0.2, 0) is 16.4 Å². The third kappa shape index (κ3) is 3.78. The van der Waals surface area contributed by atoms with Crippen LogP contribution in [0.1, 0.15) is 30.7 Å². The molecular formula is C14H24N4O2S2. The van der Waals surface area contributed by atoms with Gasteiger partial charge in [0.25, 0.3) is 0 Å². The summed E-state index contributed by atoms with van der Waals surface area (Å²) < 4.78 is 23.5. The minimum atomic E-state index is -3.04. The molecule has 1 aromatic heterocycles. The minimum Gasteiger partial charge on any atom is -0.357 e. The molecule has 2 rings (SSSR count). The number of guanidine groups is 1. The van der Waals surface area contributed by atoms with Crippen molar-refractivity contribution in [2.75, 3.05) is 25.4 Å². The predicted molar refractivity (Wildman–Crippen MR) is 91.1 cm³/mol. The maximum Gasteiger partial charge on any atom is 0.194 e. The molecule has 0 aliphatic carbocycles. The maximum absolute atomic E-state index is 12.1. The SMILES string of the molecule is CCNC(=NCc1cnc(C)s1)N1CCS(=O)(=O)C(C)(C)C1. The van der Waals surface area contributed by atoms with Crippen molar-refractivity contribution >= 4 is 27.1 Å². The van der Waals surface area contributed by atoms with Gasteiger partial charge < -0.3 is 10.2 Å². The number of nitrogens with zero attached hydrogens (tertiary/aromatic N) is 3. The molecule has 1 aliphatic heterocycles. The molecule has 0 unspecified atom stereocenters. The van der Waals surface area contributed by atoms with E-state index >= 15 is 0 Å². The summed E-state index contributed by atoms with van der Waals surface area (Å²) in [5, 5.41) is 4.29. The Balaban J connectivity index is 2.14. The second kappa shape index (κ2) is 6.54. The maximum atomic E-state index is 12.1. The van der Waals surface area contributed by atoms with Crippen LogP contribution < -0.4 is 5.32 Å². The Hall–Kier alpha value is -1.15. The topological polar surface area (TPSA) is 74.7 Å². The number of aryl methyl sites for hydroxylation is 1. The molecule has 1 saturated heterocycles. The molecule has 1 aromatic rings. The van der Waals surface area contributed by atoms with Gasteiger partial charge in [0.1, 0.15) is 0 Å². The number of hydrogen-bond acceptors (Lipinski definition) is 5. The molecule has 0 radical (unpaired) electrons. The van der Waals surface area contributed by atoms with Gasteiger partial charge in [0.15, 0.2) is 15.8 Å². The van der Waals surface area contributed by atoms with Gasteiger partial charge in [-0.3, -0.25) is 0 Å². The van der Waals surface area contributed by atoms with Crippen LogP contribution in [0.5, 0.6) is 0 Å². The summed E-state index contributed by atoms with van der Waals surface area (Å²) in [5.41, 5.74) is 0. The van der Waals surface area contributed by atoms with Gasteiger partial charge in [-0.15, -0.1) is 11.3 Å². The fraction of sp³-hybridized carbons (Fsp3) is 0.714. The molecule has 8 heteroatoms. The number of aliphatic imine (C=N–C) groups is 1. The smallest absolute Gasteiger partial charge is 0.194 e. The van der Waals surface area contributed by atoms with Gasteiger partial charge in [-0.1, -0.05) is 0 Å². The largest absolute Gasteiger partial charge is 0.357 e. The summed E-state index contributed by atoms with van der Waals surface area (Å²) >= 11 is 1.63. The number of thiazole rings is 1. The first-order chi connectivity index (χ1) is 10.2. The van der Waals surface area contributed by atoms with Crippen LogP contribution in [0.3, 0.4) is 0 Å². The minimum absolute atomic E-state index is 0.171. The first kappa shape index (κ1) is 17.2. The lowest BCUT2D eigenvalue weighted by molar-refractivity contribution is 0.353. The highest BCUT2D eigenvalue weighted by molar-refractivity contribution is 7.92. The molecule has 124 valence electrons. The zero-order valence-electron chi connectivity index (χ0n) is 13.6. The molecule has 1 N–H and O–H groups in total. The van der Waals surface area contributed by atoms with E-state index in [1.807, 2.05) is 24.9 Å². The summed E-state index contributed by atoms with van der Waals surface area (Å²) in [5.74, 6) is 0.945. The summed E-state index contributed by atoms with van der Waals surface area (Å²) in [6.07, 6.45) is 1.84. The first-order valence-electron chi connectivity index (χ1n) is 7.42. The Morgan fingerprint density at radius 2 is 2.27 bits per heavy atom. The number of hydrogen-bond donors (Lipinski definition) is 1. The lowest BCUT2D eigenvalue weighted by atomic mass is 10.2.